The van der Waals surface area contributed by atoms with Gasteiger partial charge in [0, 0.05) is 30.2 Å². The molecule has 0 aromatic carbocycles. The maximum atomic E-state index is 11.7. The number of carbonyl (C=O) groups is 2. The number of thiazole rings is 1. The quantitative estimate of drug-likeness (QED) is 0.706. The number of imidazole rings is 1. The van der Waals surface area contributed by atoms with E-state index in [1.807, 2.05) is 22.9 Å². The molecule has 0 saturated heterocycles. The van der Waals surface area contributed by atoms with E-state index in [1.165, 1.54) is 11.3 Å². The lowest BCUT2D eigenvalue weighted by Crippen LogP contribution is -2.31. The van der Waals surface area contributed by atoms with Gasteiger partial charge in [0.15, 0.2) is 11.1 Å². The molecule has 0 aliphatic carbocycles. The number of aliphatic hydroxyl groups is 1. The maximum Gasteiger partial charge on any atom is 0.332 e. The fourth-order valence-electron chi connectivity index (χ4n) is 1.77. The van der Waals surface area contributed by atoms with Crippen LogP contribution in [0.2, 0.25) is 0 Å². The van der Waals surface area contributed by atoms with Crippen molar-refractivity contribution in [2.75, 3.05) is 6.54 Å². The molecule has 0 fully saturated rings. The van der Waals surface area contributed by atoms with Gasteiger partial charge in [-0.2, -0.15) is 0 Å². The van der Waals surface area contributed by atoms with Crippen LogP contribution in [0.3, 0.4) is 0 Å². The molecule has 1 atom stereocenters. The van der Waals surface area contributed by atoms with Crippen molar-refractivity contribution in [3.05, 3.63) is 23.0 Å². The third-order valence-corrected chi connectivity index (χ3v) is 3.66. The minimum absolute atomic E-state index is 0.00962. The Labute approximate surface area is 118 Å². The van der Waals surface area contributed by atoms with Crippen LogP contribution in [0.4, 0.5) is 0 Å². The number of amides is 1. The van der Waals surface area contributed by atoms with Crippen LogP contribution in [-0.2, 0) is 16.0 Å². The van der Waals surface area contributed by atoms with E-state index >= 15 is 0 Å². The fourth-order valence-corrected chi connectivity index (χ4v) is 2.69. The van der Waals surface area contributed by atoms with Crippen molar-refractivity contribution >= 4 is 28.2 Å². The molecule has 0 saturated carbocycles. The van der Waals surface area contributed by atoms with Crippen molar-refractivity contribution in [1.29, 1.82) is 0 Å². The zero-order chi connectivity index (χ0) is 14.7. The lowest BCUT2D eigenvalue weighted by molar-refractivity contribution is -0.147. The molecule has 0 spiro atoms. The van der Waals surface area contributed by atoms with Gasteiger partial charge in [0.05, 0.1) is 12.1 Å². The largest absolute Gasteiger partial charge is 0.479 e. The first-order valence-electron chi connectivity index (χ1n) is 6.07. The number of rotatable bonds is 6. The summed E-state index contributed by atoms with van der Waals surface area (Å²) in [5.74, 6) is -1.50. The number of nitrogens with zero attached hydrogens (tertiary/aromatic N) is 2. The van der Waals surface area contributed by atoms with Crippen molar-refractivity contribution in [1.82, 2.24) is 14.7 Å². The van der Waals surface area contributed by atoms with Crippen molar-refractivity contribution < 1.29 is 19.8 Å². The van der Waals surface area contributed by atoms with Gasteiger partial charge in [-0.3, -0.25) is 9.20 Å². The first-order chi connectivity index (χ1) is 9.47. The maximum absolute atomic E-state index is 11.7. The number of carbonyl (C=O) groups excluding carboxylic acids is 1. The molecule has 0 radical (unpaired) electrons. The van der Waals surface area contributed by atoms with Crippen LogP contribution in [-0.4, -0.2) is 44.1 Å². The molecule has 0 aliphatic rings. The first kappa shape index (κ1) is 14.5. The third kappa shape index (κ3) is 3.34. The van der Waals surface area contributed by atoms with Gasteiger partial charge in [0.25, 0.3) is 0 Å². The molecule has 7 nitrogen and oxygen atoms in total. The van der Waals surface area contributed by atoms with Gasteiger partial charge in [-0.1, -0.05) is 0 Å². The molecule has 2 aromatic rings. The number of aliphatic carboxylic acids is 1. The number of nitrogens with one attached hydrogen (secondary N) is 1. The monoisotopic (exact) mass is 297 g/mol. The van der Waals surface area contributed by atoms with Crippen LogP contribution in [0, 0.1) is 6.92 Å². The summed E-state index contributed by atoms with van der Waals surface area (Å²) < 4.78 is 1.87. The predicted molar refractivity (Wildman–Crippen MR) is 72.8 cm³/mol. The second kappa shape index (κ2) is 6.02. The highest BCUT2D eigenvalue weighted by Crippen LogP contribution is 2.16. The molecule has 8 heteroatoms. The van der Waals surface area contributed by atoms with Crippen molar-refractivity contribution in [2.24, 2.45) is 0 Å². The van der Waals surface area contributed by atoms with Gasteiger partial charge < -0.3 is 15.5 Å². The van der Waals surface area contributed by atoms with E-state index in [4.69, 9.17) is 10.2 Å². The Morgan fingerprint density at radius 1 is 1.55 bits per heavy atom. The van der Waals surface area contributed by atoms with Crippen molar-refractivity contribution in [2.45, 2.75) is 25.9 Å². The first-order valence-corrected chi connectivity index (χ1v) is 6.95. The molecule has 2 rings (SSSR count). The van der Waals surface area contributed by atoms with E-state index in [0.717, 1.165) is 16.3 Å². The molecule has 2 heterocycles. The number of fused-ring (bicyclic) bond motifs is 1. The van der Waals surface area contributed by atoms with Crippen LogP contribution in [0.1, 0.15) is 17.8 Å². The predicted octanol–water partition coefficient (Wildman–Crippen LogP) is 0.199. The highest BCUT2D eigenvalue weighted by molar-refractivity contribution is 7.15. The van der Waals surface area contributed by atoms with Gasteiger partial charge >= 0.3 is 5.97 Å². The van der Waals surface area contributed by atoms with E-state index in [-0.39, 0.29) is 25.3 Å². The highest BCUT2D eigenvalue weighted by Gasteiger charge is 2.14. The zero-order valence-electron chi connectivity index (χ0n) is 10.9. The minimum Gasteiger partial charge on any atom is -0.479 e. The van der Waals surface area contributed by atoms with Gasteiger partial charge in [-0.25, -0.2) is 9.78 Å². The summed E-state index contributed by atoms with van der Waals surface area (Å²) >= 11 is 1.46. The summed E-state index contributed by atoms with van der Waals surface area (Å²) in [5, 5.41) is 22.0. The molecule has 3 N–H and O–H groups in total. The standard InChI is InChI=1S/C12H15N3O4S/c1-7-5-15-8(6-20-12(15)14-7)4-10(17)13-3-2-9(16)11(18)19/h5-6,9,16H,2-4H2,1H3,(H,13,17)(H,18,19)/t9-/m0/s1. The van der Waals surface area contributed by atoms with Crippen LogP contribution in [0.25, 0.3) is 4.96 Å². The van der Waals surface area contributed by atoms with Gasteiger partial charge in [0.1, 0.15) is 0 Å². The summed E-state index contributed by atoms with van der Waals surface area (Å²) in [5.41, 5.74) is 1.73. The Bertz CT molecular complexity index is 634. The molecule has 2 aromatic heterocycles. The summed E-state index contributed by atoms with van der Waals surface area (Å²) in [7, 11) is 0. The number of carboxylic acids is 1. The summed E-state index contributed by atoms with van der Waals surface area (Å²) in [6, 6.07) is 0. The number of aromatic nitrogens is 2. The molecule has 0 unspecified atom stereocenters. The van der Waals surface area contributed by atoms with Crippen LogP contribution in [0.5, 0.6) is 0 Å². The molecule has 0 aliphatic heterocycles. The summed E-state index contributed by atoms with van der Waals surface area (Å²) in [6.45, 7) is 2.01. The summed E-state index contributed by atoms with van der Waals surface area (Å²) in [4.78, 5) is 27.3. The molecular weight excluding hydrogens is 282 g/mol. The van der Waals surface area contributed by atoms with Crippen LogP contribution < -0.4 is 5.32 Å². The van der Waals surface area contributed by atoms with E-state index in [1.54, 1.807) is 0 Å². The van der Waals surface area contributed by atoms with Crippen LogP contribution in [0.15, 0.2) is 11.6 Å². The number of hydrogen-bond acceptors (Lipinski definition) is 5. The lowest BCUT2D eigenvalue weighted by atomic mass is 10.2. The van der Waals surface area contributed by atoms with Crippen molar-refractivity contribution in [3.8, 4) is 0 Å². The second-order valence-electron chi connectivity index (χ2n) is 4.43. The molecular formula is C12H15N3O4S. The van der Waals surface area contributed by atoms with E-state index < -0.39 is 12.1 Å². The Balaban J connectivity index is 1.87. The van der Waals surface area contributed by atoms with E-state index in [9.17, 15) is 9.59 Å². The normalized spacial score (nSPS) is 12.5. The SMILES string of the molecule is Cc1cn2c(CC(=O)NCC[C@H](O)C(=O)O)csc2n1. The Morgan fingerprint density at radius 2 is 2.30 bits per heavy atom. The molecule has 108 valence electrons. The Kier molecular flexibility index (Phi) is 4.35. The number of aryl methyl sites for hydroxylation is 1. The van der Waals surface area contributed by atoms with E-state index in [2.05, 4.69) is 10.3 Å². The van der Waals surface area contributed by atoms with Gasteiger partial charge in [0.2, 0.25) is 5.91 Å². The number of aliphatic hydroxyl groups excluding tert-OH is 1. The average Bonchev–Trinajstić information content (AvgIpc) is 2.90. The molecule has 1 amide bonds. The highest BCUT2D eigenvalue weighted by atomic mass is 32.1. The average molecular weight is 297 g/mol. The third-order valence-electron chi connectivity index (χ3n) is 2.77. The lowest BCUT2D eigenvalue weighted by Gasteiger charge is -2.07. The Morgan fingerprint density at radius 3 is 3.00 bits per heavy atom. The zero-order valence-corrected chi connectivity index (χ0v) is 11.7. The second-order valence-corrected chi connectivity index (χ2v) is 5.27. The van der Waals surface area contributed by atoms with Crippen LogP contribution >= 0.6 is 11.3 Å². The van der Waals surface area contributed by atoms with Gasteiger partial charge in [-0.15, -0.1) is 11.3 Å². The van der Waals surface area contributed by atoms with Gasteiger partial charge in [-0.05, 0) is 6.92 Å². The topological polar surface area (TPSA) is 104 Å². The fraction of sp³-hybridized carbons (Fsp3) is 0.417. The summed E-state index contributed by atoms with van der Waals surface area (Å²) in [6.07, 6.45) is 0.603. The number of hydrogen-bond donors (Lipinski definition) is 3. The molecule has 0 bridgehead atoms. The van der Waals surface area contributed by atoms with E-state index in [0.29, 0.717) is 0 Å². The smallest absolute Gasteiger partial charge is 0.332 e. The Hall–Kier alpha value is -1.93. The minimum atomic E-state index is -1.44. The van der Waals surface area contributed by atoms with Crippen molar-refractivity contribution in [3.63, 3.8) is 0 Å². The molecule has 20 heavy (non-hydrogen) atoms. The number of carboxylic acid groups (broad SMARTS) is 1.